The van der Waals surface area contributed by atoms with Gasteiger partial charge in [-0.2, -0.15) is 13.2 Å². The lowest BCUT2D eigenvalue weighted by atomic mass is 10.1. The number of amides is 3. The SMILES string of the molecule is O=C(NCCN1C(=O)SC(=Cc2cccnc2)C1=O)c1ccc(C(F)(F)F)cc1. The van der Waals surface area contributed by atoms with Crippen molar-refractivity contribution in [1.82, 2.24) is 15.2 Å². The van der Waals surface area contributed by atoms with Gasteiger partial charge in [-0.1, -0.05) is 6.07 Å². The van der Waals surface area contributed by atoms with Crippen molar-refractivity contribution in [2.75, 3.05) is 13.1 Å². The summed E-state index contributed by atoms with van der Waals surface area (Å²) in [6.45, 7) is -0.0838. The molecule has 3 rings (SSSR count). The summed E-state index contributed by atoms with van der Waals surface area (Å²) in [6.07, 6.45) is 0.212. The topological polar surface area (TPSA) is 79.4 Å². The van der Waals surface area contributed by atoms with Crippen LogP contribution in [0.5, 0.6) is 0 Å². The number of aromatic nitrogens is 1. The maximum atomic E-state index is 12.6. The summed E-state index contributed by atoms with van der Waals surface area (Å²) in [6, 6.07) is 7.20. The van der Waals surface area contributed by atoms with Crippen molar-refractivity contribution in [2.24, 2.45) is 0 Å². The van der Waals surface area contributed by atoms with E-state index in [0.717, 1.165) is 40.9 Å². The van der Waals surface area contributed by atoms with Gasteiger partial charge in [-0.25, -0.2) is 0 Å². The zero-order chi connectivity index (χ0) is 21.0. The Balaban J connectivity index is 1.56. The predicted molar refractivity (Wildman–Crippen MR) is 101 cm³/mol. The third-order valence-corrected chi connectivity index (χ3v) is 4.86. The van der Waals surface area contributed by atoms with Crippen molar-refractivity contribution in [1.29, 1.82) is 0 Å². The van der Waals surface area contributed by atoms with Crippen LogP contribution >= 0.6 is 11.8 Å². The Morgan fingerprint density at radius 3 is 2.52 bits per heavy atom. The number of imide groups is 1. The Bertz CT molecular complexity index is 960. The summed E-state index contributed by atoms with van der Waals surface area (Å²) >= 11 is 0.787. The van der Waals surface area contributed by atoms with Crippen molar-refractivity contribution < 1.29 is 27.6 Å². The van der Waals surface area contributed by atoms with E-state index in [1.54, 1.807) is 30.6 Å². The van der Waals surface area contributed by atoms with Crippen molar-refractivity contribution in [2.45, 2.75) is 6.18 Å². The molecule has 0 saturated carbocycles. The number of carbonyl (C=O) groups excluding carboxylic acids is 3. The number of rotatable bonds is 5. The fourth-order valence-electron chi connectivity index (χ4n) is 2.50. The number of carbonyl (C=O) groups is 3. The van der Waals surface area contributed by atoms with Gasteiger partial charge in [0.1, 0.15) is 0 Å². The van der Waals surface area contributed by atoms with Crippen molar-refractivity contribution in [3.05, 3.63) is 70.4 Å². The van der Waals surface area contributed by atoms with Gasteiger partial charge in [0.2, 0.25) is 0 Å². The minimum Gasteiger partial charge on any atom is -0.350 e. The van der Waals surface area contributed by atoms with Crippen LogP contribution in [0, 0.1) is 0 Å². The second-order valence-electron chi connectivity index (χ2n) is 5.95. The maximum Gasteiger partial charge on any atom is 0.416 e. The average Bonchev–Trinajstić information content (AvgIpc) is 2.95. The second-order valence-corrected chi connectivity index (χ2v) is 6.94. The summed E-state index contributed by atoms with van der Waals surface area (Å²) in [5.74, 6) is -1.08. The molecule has 1 N–H and O–H groups in total. The third kappa shape index (κ3) is 5.02. The summed E-state index contributed by atoms with van der Waals surface area (Å²) in [5, 5.41) is 2.02. The molecule has 1 fully saturated rings. The molecule has 0 spiro atoms. The molecule has 1 aliphatic heterocycles. The van der Waals surface area contributed by atoms with Crippen molar-refractivity contribution >= 4 is 34.9 Å². The predicted octanol–water partition coefficient (Wildman–Crippen LogP) is 3.57. The molecule has 1 aliphatic rings. The van der Waals surface area contributed by atoms with Crippen LogP contribution < -0.4 is 5.32 Å². The van der Waals surface area contributed by atoms with Crippen LogP contribution in [0.1, 0.15) is 21.5 Å². The minimum atomic E-state index is -4.48. The van der Waals surface area contributed by atoms with E-state index in [1.165, 1.54) is 0 Å². The van der Waals surface area contributed by atoms with E-state index in [0.29, 0.717) is 5.56 Å². The summed E-state index contributed by atoms with van der Waals surface area (Å²) < 4.78 is 37.7. The summed E-state index contributed by atoms with van der Waals surface area (Å²) in [7, 11) is 0. The third-order valence-electron chi connectivity index (χ3n) is 3.95. The Morgan fingerprint density at radius 2 is 1.90 bits per heavy atom. The van der Waals surface area contributed by atoms with Gasteiger partial charge in [-0.15, -0.1) is 0 Å². The van der Waals surface area contributed by atoms with E-state index in [4.69, 9.17) is 0 Å². The molecule has 29 heavy (non-hydrogen) atoms. The molecule has 10 heteroatoms. The van der Waals surface area contributed by atoms with Crippen molar-refractivity contribution in [3.8, 4) is 0 Å². The Kier molecular flexibility index (Phi) is 6.02. The number of alkyl halides is 3. The molecule has 0 atom stereocenters. The van der Waals surface area contributed by atoms with Crippen LogP contribution in [0.2, 0.25) is 0 Å². The van der Waals surface area contributed by atoms with E-state index in [-0.39, 0.29) is 23.6 Å². The van der Waals surface area contributed by atoms with E-state index >= 15 is 0 Å². The molecule has 2 aromatic rings. The van der Waals surface area contributed by atoms with Gasteiger partial charge in [0, 0.05) is 31.0 Å². The van der Waals surface area contributed by atoms with Crippen molar-refractivity contribution in [3.63, 3.8) is 0 Å². The quantitative estimate of drug-likeness (QED) is 0.747. The molecule has 6 nitrogen and oxygen atoms in total. The standard InChI is InChI=1S/C19H14F3N3O3S/c20-19(21,22)14-5-3-13(4-6-14)16(26)24-8-9-25-17(27)15(29-18(25)28)10-12-2-1-7-23-11-12/h1-7,10-11H,8-9H2,(H,24,26). The van der Waals surface area contributed by atoms with Crippen LogP contribution in [0.25, 0.3) is 6.08 Å². The van der Waals surface area contributed by atoms with E-state index < -0.39 is 28.8 Å². The van der Waals surface area contributed by atoms with Crippen LogP contribution in [-0.4, -0.2) is 40.0 Å². The molecule has 0 radical (unpaired) electrons. The second kappa shape index (κ2) is 8.48. The van der Waals surface area contributed by atoms with Gasteiger partial charge in [-0.3, -0.25) is 24.3 Å². The van der Waals surface area contributed by atoms with E-state index in [9.17, 15) is 27.6 Å². The first-order valence-corrected chi connectivity index (χ1v) is 9.18. The fourth-order valence-corrected chi connectivity index (χ4v) is 3.36. The molecule has 0 bridgehead atoms. The molecule has 0 aliphatic carbocycles. The molecule has 3 amide bonds. The highest BCUT2D eigenvalue weighted by atomic mass is 32.2. The van der Waals surface area contributed by atoms with Gasteiger partial charge in [-0.05, 0) is 53.7 Å². The lowest BCUT2D eigenvalue weighted by Gasteiger charge is -2.13. The zero-order valence-electron chi connectivity index (χ0n) is 14.8. The number of thioether (sulfide) groups is 1. The van der Waals surface area contributed by atoms with E-state index in [2.05, 4.69) is 10.3 Å². The molecule has 1 aromatic carbocycles. The number of hydrogen-bond acceptors (Lipinski definition) is 5. The highest BCUT2D eigenvalue weighted by Crippen LogP contribution is 2.32. The first kappa shape index (κ1) is 20.6. The highest BCUT2D eigenvalue weighted by molar-refractivity contribution is 8.18. The zero-order valence-corrected chi connectivity index (χ0v) is 15.6. The Hall–Kier alpha value is -3.14. The first-order valence-electron chi connectivity index (χ1n) is 8.36. The monoisotopic (exact) mass is 421 g/mol. The largest absolute Gasteiger partial charge is 0.416 e. The summed E-state index contributed by atoms with van der Waals surface area (Å²) in [5.41, 5.74) is -0.135. The Morgan fingerprint density at radius 1 is 1.17 bits per heavy atom. The van der Waals surface area contributed by atoms with Gasteiger partial charge in [0.15, 0.2) is 0 Å². The molecule has 150 valence electrons. The van der Waals surface area contributed by atoms with Gasteiger partial charge in [0.25, 0.3) is 17.1 Å². The molecule has 1 saturated heterocycles. The highest BCUT2D eigenvalue weighted by Gasteiger charge is 2.34. The fraction of sp³-hybridized carbons (Fsp3) is 0.158. The average molecular weight is 421 g/mol. The van der Waals surface area contributed by atoms with Gasteiger partial charge in [0.05, 0.1) is 10.5 Å². The number of halogens is 3. The Labute approximate surface area is 167 Å². The first-order chi connectivity index (χ1) is 13.8. The number of nitrogens with zero attached hydrogens (tertiary/aromatic N) is 2. The maximum absolute atomic E-state index is 12.6. The lowest BCUT2D eigenvalue weighted by molar-refractivity contribution is -0.137. The molecule has 1 aromatic heterocycles. The van der Waals surface area contributed by atoms with Gasteiger partial charge < -0.3 is 5.32 Å². The van der Waals surface area contributed by atoms with E-state index in [1.807, 2.05) is 0 Å². The van der Waals surface area contributed by atoms with Crippen LogP contribution in [-0.2, 0) is 11.0 Å². The summed E-state index contributed by atoms with van der Waals surface area (Å²) in [4.78, 5) is 41.7. The van der Waals surface area contributed by atoms with Crippen LogP contribution in [0.4, 0.5) is 18.0 Å². The molecule has 0 unspecified atom stereocenters. The smallest absolute Gasteiger partial charge is 0.350 e. The molecule has 2 heterocycles. The van der Waals surface area contributed by atoms with Crippen LogP contribution in [0.15, 0.2) is 53.7 Å². The molecular weight excluding hydrogens is 407 g/mol. The number of nitrogens with one attached hydrogen (secondary N) is 1. The normalized spacial score (nSPS) is 15.8. The van der Waals surface area contributed by atoms with Crippen LogP contribution in [0.3, 0.4) is 0 Å². The minimum absolute atomic E-state index is 0.0297. The van der Waals surface area contributed by atoms with Gasteiger partial charge >= 0.3 is 6.18 Å². The number of pyridine rings is 1. The number of benzene rings is 1. The number of hydrogen-bond donors (Lipinski definition) is 1. The molecular formula is C19H14F3N3O3S. The lowest BCUT2D eigenvalue weighted by Crippen LogP contribution is -2.37.